The van der Waals surface area contributed by atoms with Gasteiger partial charge in [0.05, 0.1) is 6.10 Å². The molecule has 0 bridgehead atoms. The lowest BCUT2D eigenvalue weighted by Gasteiger charge is -2.16. The predicted molar refractivity (Wildman–Crippen MR) is 76.6 cm³/mol. The van der Waals surface area contributed by atoms with Crippen molar-refractivity contribution in [2.45, 2.75) is 38.2 Å². The summed E-state index contributed by atoms with van der Waals surface area (Å²) in [5.41, 5.74) is 1.30. The van der Waals surface area contributed by atoms with Crippen molar-refractivity contribution in [3.8, 4) is 0 Å². The van der Waals surface area contributed by atoms with Gasteiger partial charge >= 0.3 is 0 Å². The maximum atomic E-state index is 9.47. The fourth-order valence-electron chi connectivity index (χ4n) is 2.51. The van der Waals surface area contributed by atoms with Crippen molar-refractivity contribution in [2.75, 3.05) is 13.2 Å². The fraction of sp³-hybridized carbons (Fsp3) is 0.600. The Morgan fingerprint density at radius 2 is 2.11 bits per heavy atom. The Kier molecular flexibility index (Phi) is 5.67. The van der Waals surface area contributed by atoms with Crippen molar-refractivity contribution in [1.29, 1.82) is 0 Å². The van der Waals surface area contributed by atoms with Gasteiger partial charge in [-0.25, -0.2) is 0 Å². The highest BCUT2D eigenvalue weighted by atomic mass is 79.9. The summed E-state index contributed by atoms with van der Waals surface area (Å²) in [7, 11) is 0. The number of aliphatic hydroxyl groups is 1. The molecule has 2 nitrogen and oxygen atoms in total. The highest BCUT2D eigenvalue weighted by Crippen LogP contribution is 2.22. The minimum Gasteiger partial charge on any atom is -0.396 e. The van der Waals surface area contributed by atoms with Gasteiger partial charge in [0.15, 0.2) is 0 Å². The average Bonchev–Trinajstić information content (AvgIpc) is 2.90. The van der Waals surface area contributed by atoms with Crippen LogP contribution in [0.3, 0.4) is 0 Å². The predicted octanol–water partition coefficient (Wildman–Crippen LogP) is 3.56. The number of benzene rings is 1. The molecule has 2 atom stereocenters. The van der Waals surface area contributed by atoms with Crippen molar-refractivity contribution in [3.05, 3.63) is 34.3 Å². The first kappa shape index (κ1) is 14.0. The Morgan fingerprint density at radius 1 is 1.33 bits per heavy atom. The van der Waals surface area contributed by atoms with E-state index in [1.165, 1.54) is 18.4 Å². The molecule has 2 unspecified atom stereocenters. The third kappa shape index (κ3) is 4.38. The third-order valence-electron chi connectivity index (χ3n) is 3.62. The first-order valence-electron chi connectivity index (χ1n) is 6.75. The number of rotatable bonds is 6. The molecule has 18 heavy (non-hydrogen) atoms. The molecule has 2 rings (SSSR count). The number of hydrogen-bond donors (Lipinski definition) is 1. The second-order valence-electron chi connectivity index (χ2n) is 5.09. The molecular weight excluding hydrogens is 292 g/mol. The van der Waals surface area contributed by atoms with E-state index in [2.05, 4.69) is 40.2 Å². The van der Waals surface area contributed by atoms with Crippen LogP contribution in [-0.4, -0.2) is 24.4 Å². The molecule has 3 heteroatoms. The Balaban J connectivity index is 1.79. The lowest BCUT2D eigenvalue weighted by molar-refractivity contribution is 0.0932. The molecule has 0 aliphatic carbocycles. The van der Waals surface area contributed by atoms with Gasteiger partial charge in [-0.2, -0.15) is 0 Å². The van der Waals surface area contributed by atoms with Gasteiger partial charge < -0.3 is 9.84 Å². The fourth-order valence-corrected chi connectivity index (χ4v) is 2.77. The van der Waals surface area contributed by atoms with Crippen molar-refractivity contribution in [2.24, 2.45) is 5.92 Å². The molecule has 0 radical (unpaired) electrons. The highest BCUT2D eigenvalue weighted by molar-refractivity contribution is 9.10. The van der Waals surface area contributed by atoms with E-state index in [0.717, 1.165) is 30.3 Å². The molecule has 0 amide bonds. The van der Waals surface area contributed by atoms with Crippen molar-refractivity contribution < 1.29 is 9.84 Å². The van der Waals surface area contributed by atoms with E-state index < -0.39 is 0 Å². The van der Waals surface area contributed by atoms with Crippen LogP contribution in [0.5, 0.6) is 0 Å². The molecule has 100 valence electrons. The summed E-state index contributed by atoms with van der Waals surface area (Å²) in [5, 5.41) is 9.47. The van der Waals surface area contributed by atoms with Crippen LogP contribution in [0.1, 0.15) is 31.2 Å². The monoisotopic (exact) mass is 312 g/mol. The first-order valence-corrected chi connectivity index (χ1v) is 7.54. The molecule has 1 fully saturated rings. The van der Waals surface area contributed by atoms with Gasteiger partial charge in [0, 0.05) is 17.7 Å². The molecule has 1 heterocycles. The first-order chi connectivity index (χ1) is 8.78. The van der Waals surface area contributed by atoms with E-state index in [-0.39, 0.29) is 6.61 Å². The van der Waals surface area contributed by atoms with E-state index in [0.29, 0.717) is 12.0 Å². The average molecular weight is 313 g/mol. The van der Waals surface area contributed by atoms with Crippen LogP contribution in [0.25, 0.3) is 0 Å². The molecule has 1 N–H and O–H groups in total. The third-order valence-corrected chi connectivity index (χ3v) is 4.15. The summed E-state index contributed by atoms with van der Waals surface area (Å²) in [5.74, 6) is 0.357. The topological polar surface area (TPSA) is 29.5 Å². The number of ether oxygens (including phenoxy) is 1. The maximum absolute atomic E-state index is 9.47. The van der Waals surface area contributed by atoms with E-state index in [1.54, 1.807) is 0 Å². The van der Waals surface area contributed by atoms with Gasteiger partial charge in [-0.1, -0.05) is 28.1 Å². The smallest absolute Gasteiger partial charge is 0.0576 e. The minimum absolute atomic E-state index is 0.267. The molecule has 0 aromatic heterocycles. The van der Waals surface area contributed by atoms with Crippen LogP contribution in [0.15, 0.2) is 28.7 Å². The molecule has 1 aromatic carbocycles. The second kappa shape index (κ2) is 7.27. The summed E-state index contributed by atoms with van der Waals surface area (Å²) in [6.07, 6.45) is 5.91. The SMILES string of the molecule is OCC(CCC1CCCO1)Cc1ccc(Br)cc1. The lowest BCUT2D eigenvalue weighted by atomic mass is 9.94. The van der Waals surface area contributed by atoms with Crippen LogP contribution in [0.4, 0.5) is 0 Å². The standard InChI is InChI=1S/C15H21BrO2/c16-14-6-3-12(4-7-14)10-13(11-17)5-8-15-2-1-9-18-15/h3-4,6-7,13,15,17H,1-2,5,8-11H2. The number of halogens is 1. The largest absolute Gasteiger partial charge is 0.396 e. The summed E-state index contributed by atoms with van der Waals surface area (Å²) < 4.78 is 6.73. The summed E-state index contributed by atoms with van der Waals surface area (Å²) in [6, 6.07) is 8.37. The van der Waals surface area contributed by atoms with Crippen LogP contribution in [0, 0.1) is 5.92 Å². The number of hydrogen-bond acceptors (Lipinski definition) is 2. The molecule has 0 spiro atoms. The molecule has 1 aromatic rings. The maximum Gasteiger partial charge on any atom is 0.0576 e. The van der Waals surface area contributed by atoms with E-state index in [1.807, 2.05) is 0 Å². The van der Waals surface area contributed by atoms with Gasteiger partial charge in [0.1, 0.15) is 0 Å². The van der Waals surface area contributed by atoms with Crippen LogP contribution in [-0.2, 0) is 11.2 Å². The summed E-state index contributed by atoms with van der Waals surface area (Å²) in [4.78, 5) is 0. The van der Waals surface area contributed by atoms with E-state index >= 15 is 0 Å². The van der Waals surface area contributed by atoms with Gasteiger partial charge in [0.2, 0.25) is 0 Å². The van der Waals surface area contributed by atoms with Crippen LogP contribution < -0.4 is 0 Å². The Bertz CT molecular complexity index is 344. The molecule has 1 saturated heterocycles. The Hall–Kier alpha value is -0.380. The zero-order valence-electron chi connectivity index (χ0n) is 10.6. The van der Waals surface area contributed by atoms with Gasteiger partial charge in [-0.3, -0.25) is 0 Å². The van der Waals surface area contributed by atoms with Crippen molar-refractivity contribution in [3.63, 3.8) is 0 Å². The van der Waals surface area contributed by atoms with Crippen molar-refractivity contribution in [1.82, 2.24) is 0 Å². The molecule has 0 saturated carbocycles. The van der Waals surface area contributed by atoms with E-state index in [4.69, 9.17) is 4.74 Å². The van der Waals surface area contributed by atoms with Crippen LogP contribution >= 0.6 is 15.9 Å². The van der Waals surface area contributed by atoms with Gasteiger partial charge in [-0.05, 0) is 55.7 Å². The Labute approximate surface area is 117 Å². The zero-order valence-corrected chi connectivity index (χ0v) is 12.2. The molecule has 1 aliphatic heterocycles. The number of aliphatic hydroxyl groups excluding tert-OH is 1. The quantitative estimate of drug-likeness (QED) is 0.870. The van der Waals surface area contributed by atoms with Gasteiger partial charge in [-0.15, -0.1) is 0 Å². The van der Waals surface area contributed by atoms with Gasteiger partial charge in [0.25, 0.3) is 0 Å². The summed E-state index contributed by atoms with van der Waals surface area (Å²) >= 11 is 3.44. The minimum atomic E-state index is 0.267. The van der Waals surface area contributed by atoms with Crippen molar-refractivity contribution >= 4 is 15.9 Å². The Morgan fingerprint density at radius 3 is 2.72 bits per heavy atom. The highest BCUT2D eigenvalue weighted by Gasteiger charge is 2.17. The molecular formula is C15H21BrO2. The zero-order chi connectivity index (χ0) is 12.8. The van der Waals surface area contributed by atoms with Crippen LogP contribution in [0.2, 0.25) is 0 Å². The normalized spacial score (nSPS) is 21.1. The summed E-state index contributed by atoms with van der Waals surface area (Å²) in [6.45, 7) is 1.18. The second-order valence-corrected chi connectivity index (χ2v) is 6.01. The molecule has 1 aliphatic rings. The lowest BCUT2D eigenvalue weighted by Crippen LogP contribution is -2.14. The van der Waals surface area contributed by atoms with E-state index in [9.17, 15) is 5.11 Å².